The Labute approximate surface area is 204 Å². The van der Waals surface area contributed by atoms with Crippen LogP contribution < -0.4 is 4.74 Å². The summed E-state index contributed by atoms with van der Waals surface area (Å²) in [4.78, 5) is 11.9. The first-order valence-electron chi connectivity index (χ1n) is 11.3. The first-order valence-corrected chi connectivity index (χ1v) is 12.7. The van der Waals surface area contributed by atoms with Crippen molar-refractivity contribution in [2.45, 2.75) is 18.2 Å². The Bertz CT molecular complexity index is 1620. The van der Waals surface area contributed by atoms with Gasteiger partial charge < -0.3 is 9.64 Å². The summed E-state index contributed by atoms with van der Waals surface area (Å²) >= 11 is 0. The highest BCUT2D eigenvalue weighted by molar-refractivity contribution is 7.90. The summed E-state index contributed by atoms with van der Waals surface area (Å²) in [7, 11) is 1.87. The lowest BCUT2D eigenvalue weighted by Gasteiger charge is -2.10. The highest BCUT2D eigenvalue weighted by atomic mass is 32.2. The number of nitrogens with zero attached hydrogens (tertiary/aromatic N) is 5. The molecular formula is C26H27N5O3S. The van der Waals surface area contributed by atoms with Gasteiger partial charge in [-0.25, -0.2) is 22.4 Å². The molecule has 0 atom stereocenters. The van der Waals surface area contributed by atoms with Gasteiger partial charge in [0.15, 0.2) is 5.65 Å². The van der Waals surface area contributed by atoms with E-state index in [1.807, 2.05) is 49.7 Å². The molecule has 3 heterocycles. The van der Waals surface area contributed by atoms with E-state index in [4.69, 9.17) is 9.72 Å². The van der Waals surface area contributed by atoms with Gasteiger partial charge in [-0.2, -0.15) is 0 Å². The third-order valence-electron chi connectivity index (χ3n) is 6.06. The van der Waals surface area contributed by atoms with Crippen LogP contribution in [0.2, 0.25) is 0 Å². The average Bonchev–Trinajstić information content (AvgIpc) is 3.45. The van der Waals surface area contributed by atoms with Gasteiger partial charge in [0.1, 0.15) is 11.6 Å². The van der Waals surface area contributed by atoms with Crippen LogP contribution in [0.5, 0.6) is 5.75 Å². The number of imidazole rings is 1. The number of benzene rings is 2. The topological polar surface area (TPSA) is 81.7 Å². The van der Waals surface area contributed by atoms with Crippen LogP contribution in [-0.2, 0) is 16.4 Å². The maximum absolute atomic E-state index is 13.4. The molecular weight excluding hydrogens is 462 g/mol. The van der Waals surface area contributed by atoms with E-state index >= 15 is 0 Å². The van der Waals surface area contributed by atoms with Crippen molar-refractivity contribution in [1.29, 1.82) is 0 Å². The zero-order valence-corrected chi connectivity index (χ0v) is 21.0. The van der Waals surface area contributed by atoms with Gasteiger partial charge in [0.05, 0.1) is 34.9 Å². The summed E-state index contributed by atoms with van der Waals surface area (Å²) in [5, 5.41) is 0. The zero-order valence-electron chi connectivity index (χ0n) is 20.1. The number of hydrogen-bond donors (Lipinski definition) is 0. The molecule has 9 heteroatoms. The van der Waals surface area contributed by atoms with Crippen LogP contribution in [0.15, 0.2) is 71.9 Å². The Balaban J connectivity index is 1.71. The lowest BCUT2D eigenvalue weighted by atomic mass is 10.1. The Morgan fingerprint density at radius 3 is 2.34 bits per heavy atom. The van der Waals surface area contributed by atoms with E-state index in [9.17, 15) is 8.42 Å². The summed E-state index contributed by atoms with van der Waals surface area (Å²) in [5.74, 6) is 1.61. The molecule has 0 N–H and O–H groups in total. The van der Waals surface area contributed by atoms with Crippen molar-refractivity contribution in [3.8, 4) is 17.0 Å². The molecule has 2 aromatic carbocycles. The van der Waals surface area contributed by atoms with Crippen LogP contribution in [0.1, 0.15) is 11.4 Å². The first-order chi connectivity index (χ1) is 16.8. The minimum atomic E-state index is -3.80. The van der Waals surface area contributed by atoms with Gasteiger partial charge >= 0.3 is 0 Å². The summed E-state index contributed by atoms with van der Waals surface area (Å²) in [6, 6.07) is 16.4. The second kappa shape index (κ2) is 8.83. The maximum Gasteiger partial charge on any atom is 0.269 e. The van der Waals surface area contributed by atoms with Crippen LogP contribution in [0.3, 0.4) is 0 Å². The Hall–Kier alpha value is -3.69. The number of hydrogen-bond acceptors (Lipinski definition) is 6. The Morgan fingerprint density at radius 2 is 1.69 bits per heavy atom. The number of rotatable bonds is 7. The predicted molar refractivity (Wildman–Crippen MR) is 136 cm³/mol. The standard InChI is InChI=1S/C26H27N5O3S/c1-18-5-11-21(12-6-18)35(32,33)30-16-13-22-26(30)27-17-23-25(19-7-9-20(34-4)10-8-19)28-24(31(22)23)14-15-29(2)3/h5-13,16-17H,14-15H2,1-4H3. The molecule has 0 unspecified atom stereocenters. The van der Waals surface area contributed by atoms with E-state index in [0.717, 1.165) is 40.5 Å². The normalized spacial score (nSPS) is 12.1. The highest BCUT2D eigenvalue weighted by Crippen LogP contribution is 2.30. The quantitative estimate of drug-likeness (QED) is 0.344. The molecule has 180 valence electrons. The van der Waals surface area contributed by atoms with Crippen molar-refractivity contribution in [1.82, 2.24) is 23.2 Å². The average molecular weight is 490 g/mol. The molecule has 0 aliphatic rings. The molecule has 3 aromatic heterocycles. The van der Waals surface area contributed by atoms with Crippen molar-refractivity contribution < 1.29 is 13.2 Å². The van der Waals surface area contributed by atoms with Crippen LogP contribution in [0.4, 0.5) is 0 Å². The molecule has 5 rings (SSSR count). The fraction of sp³-hybridized carbons (Fsp3) is 0.231. The van der Waals surface area contributed by atoms with Gasteiger partial charge in [0.2, 0.25) is 0 Å². The summed E-state index contributed by atoms with van der Waals surface area (Å²) in [5.41, 5.74) is 4.61. The van der Waals surface area contributed by atoms with Crippen LogP contribution in [-0.4, -0.2) is 59.4 Å². The number of aryl methyl sites for hydroxylation is 1. The van der Waals surface area contributed by atoms with E-state index in [-0.39, 0.29) is 4.90 Å². The number of likely N-dealkylation sites (N-methyl/N-ethyl adjacent to an activating group) is 1. The fourth-order valence-electron chi connectivity index (χ4n) is 4.16. The van der Waals surface area contributed by atoms with Crippen LogP contribution in [0, 0.1) is 6.92 Å². The third-order valence-corrected chi connectivity index (χ3v) is 7.74. The lowest BCUT2D eigenvalue weighted by molar-refractivity contribution is 0.409. The van der Waals surface area contributed by atoms with Crippen molar-refractivity contribution in [2.24, 2.45) is 0 Å². The van der Waals surface area contributed by atoms with Gasteiger partial charge in [0.25, 0.3) is 10.0 Å². The molecule has 0 fully saturated rings. The summed E-state index contributed by atoms with van der Waals surface area (Å²) in [6.07, 6.45) is 3.96. The molecule has 35 heavy (non-hydrogen) atoms. The van der Waals surface area contributed by atoms with Crippen molar-refractivity contribution in [3.05, 3.63) is 78.4 Å². The smallest absolute Gasteiger partial charge is 0.269 e. The first kappa shape index (κ1) is 23.1. The highest BCUT2D eigenvalue weighted by Gasteiger charge is 2.23. The number of fused-ring (bicyclic) bond motifs is 3. The minimum absolute atomic E-state index is 0.222. The van der Waals surface area contributed by atoms with Crippen LogP contribution >= 0.6 is 0 Å². The Kier molecular flexibility index (Phi) is 5.82. The predicted octanol–water partition coefficient (Wildman–Crippen LogP) is 4.01. The molecule has 0 bridgehead atoms. The lowest BCUT2D eigenvalue weighted by Crippen LogP contribution is -2.16. The number of methoxy groups -OCH3 is 1. The van der Waals surface area contributed by atoms with E-state index < -0.39 is 10.0 Å². The van der Waals surface area contributed by atoms with Crippen LogP contribution in [0.25, 0.3) is 27.9 Å². The van der Waals surface area contributed by atoms with Crippen molar-refractivity contribution in [2.75, 3.05) is 27.7 Å². The third kappa shape index (κ3) is 4.06. The summed E-state index contributed by atoms with van der Waals surface area (Å²) in [6.45, 7) is 2.72. The second-order valence-electron chi connectivity index (χ2n) is 8.78. The fourth-order valence-corrected chi connectivity index (χ4v) is 5.45. The molecule has 0 radical (unpaired) electrons. The molecule has 0 amide bonds. The molecule has 0 spiro atoms. The SMILES string of the molecule is COc1ccc(-c2nc(CCN(C)C)n3c2cnc2c3ccn2S(=O)(=O)c2ccc(C)cc2)cc1. The van der Waals surface area contributed by atoms with Gasteiger partial charge in [-0.3, -0.25) is 4.40 Å². The van der Waals surface area contributed by atoms with E-state index in [2.05, 4.69) is 9.88 Å². The van der Waals surface area contributed by atoms with Crippen molar-refractivity contribution >= 4 is 26.7 Å². The van der Waals surface area contributed by atoms with E-state index in [1.54, 1.807) is 49.8 Å². The van der Waals surface area contributed by atoms with E-state index in [1.165, 1.54) is 3.97 Å². The zero-order chi connectivity index (χ0) is 24.7. The minimum Gasteiger partial charge on any atom is -0.497 e. The second-order valence-corrected chi connectivity index (χ2v) is 10.6. The molecule has 0 aliphatic carbocycles. The monoisotopic (exact) mass is 489 g/mol. The molecule has 0 aliphatic heterocycles. The van der Waals surface area contributed by atoms with Crippen molar-refractivity contribution in [3.63, 3.8) is 0 Å². The van der Waals surface area contributed by atoms with Gasteiger partial charge in [-0.05, 0) is 63.5 Å². The maximum atomic E-state index is 13.4. The van der Waals surface area contributed by atoms with E-state index in [0.29, 0.717) is 17.6 Å². The summed E-state index contributed by atoms with van der Waals surface area (Å²) < 4.78 is 35.4. The van der Waals surface area contributed by atoms with Gasteiger partial charge in [-0.1, -0.05) is 17.7 Å². The Morgan fingerprint density at radius 1 is 0.971 bits per heavy atom. The molecule has 8 nitrogen and oxygen atoms in total. The number of aromatic nitrogens is 4. The largest absolute Gasteiger partial charge is 0.497 e. The molecule has 0 saturated carbocycles. The number of ether oxygens (including phenoxy) is 1. The molecule has 0 saturated heterocycles. The van der Waals surface area contributed by atoms with Gasteiger partial charge in [0, 0.05) is 24.7 Å². The van der Waals surface area contributed by atoms with Gasteiger partial charge in [-0.15, -0.1) is 0 Å². The molecule has 5 aromatic rings.